The zero-order valence-electron chi connectivity index (χ0n) is 11.1. The maximum Gasteiger partial charge on any atom is 0.0148 e. The summed E-state index contributed by atoms with van der Waals surface area (Å²) in [6.07, 6.45) is 16.6. The van der Waals surface area contributed by atoms with Crippen LogP contribution < -0.4 is 0 Å². The molecule has 0 heterocycles. The van der Waals surface area contributed by atoms with E-state index in [9.17, 15) is 0 Å². The quantitative estimate of drug-likeness (QED) is 0.654. The smallest absolute Gasteiger partial charge is 0.0148 e. The molecule has 0 bridgehead atoms. The minimum Gasteiger partial charge on any atom is -0.300 e. The molecule has 17 heavy (non-hydrogen) atoms. The Balaban J connectivity index is 2.73. The monoisotopic (exact) mass is 229 g/mol. The van der Waals surface area contributed by atoms with Crippen molar-refractivity contribution in [2.45, 2.75) is 52.0 Å². The van der Waals surface area contributed by atoms with Gasteiger partial charge >= 0.3 is 0 Å². The number of nitrogens with zero attached hydrogens (tertiary/aromatic N) is 1. The van der Waals surface area contributed by atoms with Gasteiger partial charge in [-0.2, -0.15) is 0 Å². The molecule has 0 aromatic heterocycles. The summed E-state index contributed by atoms with van der Waals surface area (Å²) < 4.78 is 0. The van der Waals surface area contributed by atoms with E-state index in [0.717, 1.165) is 30.4 Å². The first-order valence-corrected chi connectivity index (χ1v) is 6.66. The Morgan fingerprint density at radius 1 is 1.12 bits per heavy atom. The molecule has 1 unspecified atom stereocenters. The third-order valence-corrected chi connectivity index (χ3v) is 3.42. The lowest BCUT2D eigenvalue weighted by Gasteiger charge is -2.34. The first kappa shape index (κ1) is 13.9. The Morgan fingerprint density at radius 3 is 2.18 bits per heavy atom. The van der Waals surface area contributed by atoms with Crippen LogP contribution in [0.15, 0.2) is 11.1 Å². The molecule has 1 rings (SSSR count). The van der Waals surface area contributed by atoms with Crippen LogP contribution in [0.4, 0.5) is 0 Å². The van der Waals surface area contributed by atoms with Crippen LogP contribution in [-0.4, -0.2) is 24.0 Å². The van der Waals surface area contributed by atoms with Crippen molar-refractivity contribution >= 4 is 0 Å². The van der Waals surface area contributed by atoms with Gasteiger partial charge in [0.25, 0.3) is 0 Å². The summed E-state index contributed by atoms with van der Waals surface area (Å²) in [5, 5.41) is 0. The molecule has 1 atom stereocenters. The minimum atomic E-state index is 0.595. The summed E-state index contributed by atoms with van der Waals surface area (Å²) in [6.45, 7) is 6.80. The zero-order chi connectivity index (χ0) is 12.7. The van der Waals surface area contributed by atoms with Gasteiger partial charge in [-0.15, -0.1) is 12.8 Å². The van der Waals surface area contributed by atoms with Crippen LogP contribution in [0.3, 0.4) is 0 Å². The highest BCUT2D eigenvalue weighted by Gasteiger charge is 2.23. The highest BCUT2D eigenvalue weighted by Crippen LogP contribution is 2.27. The van der Waals surface area contributed by atoms with Gasteiger partial charge in [-0.3, -0.25) is 0 Å². The van der Waals surface area contributed by atoms with E-state index in [1.54, 1.807) is 0 Å². The standard InChI is InChI=1S/C16H23N/c1-5-11-17(12-6-2)16-10-9-14(7-3)15(8-4)13-16/h3-4,16H,5-6,9-13H2,1-2H3. The molecule has 0 spiro atoms. The number of rotatable bonds is 5. The predicted octanol–water partition coefficient (Wildman–Crippen LogP) is 3.22. The highest BCUT2D eigenvalue weighted by molar-refractivity contribution is 5.42. The summed E-state index contributed by atoms with van der Waals surface area (Å²) >= 11 is 0. The Morgan fingerprint density at radius 2 is 1.71 bits per heavy atom. The van der Waals surface area contributed by atoms with Crippen molar-refractivity contribution in [2.75, 3.05) is 13.1 Å². The van der Waals surface area contributed by atoms with Crippen molar-refractivity contribution in [1.29, 1.82) is 0 Å². The number of terminal acetylenes is 2. The first-order chi connectivity index (χ1) is 8.26. The molecule has 1 aliphatic carbocycles. The van der Waals surface area contributed by atoms with Gasteiger partial charge in [-0.1, -0.05) is 25.7 Å². The van der Waals surface area contributed by atoms with Gasteiger partial charge in [-0.25, -0.2) is 0 Å². The van der Waals surface area contributed by atoms with E-state index in [0.29, 0.717) is 6.04 Å². The van der Waals surface area contributed by atoms with Crippen molar-refractivity contribution in [3.05, 3.63) is 11.1 Å². The Hall–Kier alpha value is -1.18. The Labute approximate surface area is 106 Å². The molecule has 0 saturated carbocycles. The predicted molar refractivity (Wildman–Crippen MR) is 74.5 cm³/mol. The van der Waals surface area contributed by atoms with Crippen LogP contribution in [0.5, 0.6) is 0 Å². The summed E-state index contributed by atoms with van der Waals surface area (Å²) in [4.78, 5) is 2.57. The van der Waals surface area contributed by atoms with E-state index in [2.05, 4.69) is 30.6 Å². The van der Waals surface area contributed by atoms with E-state index < -0.39 is 0 Å². The summed E-state index contributed by atoms with van der Waals surface area (Å²) in [6, 6.07) is 0.595. The molecule has 0 saturated heterocycles. The van der Waals surface area contributed by atoms with Gasteiger partial charge in [0.05, 0.1) is 0 Å². The topological polar surface area (TPSA) is 3.24 Å². The molecular formula is C16H23N. The lowest BCUT2D eigenvalue weighted by atomic mass is 9.88. The van der Waals surface area contributed by atoms with E-state index >= 15 is 0 Å². The molecule has 0 amide bonds. The van der Waals surface area contributed by atoms with Gasteiger partial charge in [0.1, 0.15) is 0 Å². The fourth-order valence-electron chi connectivity index (χ4n) is 2.59. The van der Waals surface area contributed by atoms with Crippen molar-refractivity contribution < 1.29 is 0 Å². The molecule has 1 nitrogen and oxygen atoms in total. The first-order valence-electron chi connectivity index (χ1n) is 6.66. The summed E-state index contributed by atoms with van der Waals surface area (Å²) in [5.41, 5.74) is 2.11. The average Bonchev–Trinajstić information content (AvgIpc) is 2.37. The normalized spacial score (nSPS) is 20.2. The van der Waals surface area contributed by atoms with E-state index in [1.807, 2.05) is 0 Å². The van der Waals surface area contributed by atoms with Crippen LogP contribution in [0.25, 0.3) is 0 Å². The van der Waals surface area contributed by atoms with Gasteiger partial charge in [-0.05, 0) is 45.2 Å². The SMILES string of the molecule is C#CC1=C(C#C)CC(N(CCC)CCC)CC1. The highest BCUT2D eigenvalue weighted by atomic mass is 15.1. The largest absolute Gasteiger partial charge is 0.300 e. The Bertz CT molecular complexity index is 345. The van der Waals surface area contributed by atoms with Crippen molar-refractivity contribution in [3.63, 3.8) is 0 Å². The van der Waals surface area contributed by atoms with Crippen LogP contribution in [0.2, 0.25) is 0 Å². The molecule has 1 heteroatoms. The molecule has 0 aromatic rings. The summed E-state index contributed by atoms with van der Waals surface area (Å²) in [5.74, 6) is 5.53. The number of allylic oxidation sites excluding steroid dienone is 1. The Kier molecular flexibility index (Phi) is 5.88. The minimum absolute atomic E-state index is 0.595. The third-order valence-electron chi connectivity index (χ3n) is 3.42. The van der Waals surface area contributed by atoms with E-state index in [4.69, 9.17) is 12.8 Å². The lowest BCUT2D eigenvalue weighted by molar-refractivity contribution is 0.182. The van der Waals surface area contributed by atoms with Crippen LogP contribution >= 0.6 is 0 Å². The lowest BCUT2D eigenvalue weighted by Crippen LogP contribution is -2.38. The second kappa shape index (κ2) is 7.21. The average molecular weight is 229 g/mol. The van der Waals surface area contributed by atoms with Crippen molar-refractivity contribution in [2.24, 2.45) is 0 Å². The molecular weight excluding hydrogens is 206 g/mol. The molecule has 0 aromatic carbocycles. The molecule has 0 fully saturated rings. The zero-order valence-corrected chi connectivity index (χ0v) is 11.1. The fraction of sp³-hybridized carbons (Fsp3) is 0.625. The second-order valence-corrected chi connectivity index (χ2v) is 4.68. The van der Waals surface area contributed by atoms with Gasteiger partial charge in [0, 0.05) is 17.2 Å². The maximum atomic E-state index is 5.56. The molecule has 0 N–H and O–H groups in total. The van der Waals surface area contributed by atoms with Crippen LogP contribution in [-0.2, 0) is 0 Å². The number of hydrogen-bond donors (Lipinski definition) is 0. The molecule has 1 aliphatic rings. The fourth-order valence-corrected chi connectivity index (χ4v) is 2.59. The molecule has 0 aliphatic heterocycles. The van der Waals surface area contributed by atoms with Crippen LogP contribution in [0.1, 0.15) is 46.0 Å². The maximum absolute atomic E-state index is 5.56. The molecule has 0 radical (unpaired) electrons. The van der Waals surface area contributed by atoms with E-state index in [1.165, 1.54) is 25.9 Å². The molecule has 92 valence electrons. The van der Waals surface area contributed by atoms with Crippen LogP contribution in [0, 0.1) is 24.7 Å². The van der Waals surface area contributed by atoms with Crippen molar-refractivity contribution in [1.82, 2.24) is 4.90 Å². The third kappa shape index (κ3) is 3.65. The van der Waals surface area contributed by atoms with Gasteiger partial charge in [0.2, 0.25) is 0 Å². The van der Waals surface area contributed by atoms with Gasteiger partial charge < -0.3 is 4.90 Å². The van der Waals surface area contributed by atoms with Crippen molar-refractivity contribution in [3.8, 4) is 24.7 Å². The summed E-state index contributed by atoms with van der Waals surface area (Å²) in [7, 11) is 0. The number of hydrogen-bond acceptors (Lipinski definition) is 1. The van der Waals surface area contributed by atoms with E-state index in [-0.39, 0.29) is 0 Å². The second-order valence-electron chi connectivity index (χ2n) is 4.68. The van der Waals surface area contributed by atoms with Gasteiger partial charge in [0.15, 0.2) is 0 Å².